The molecule has 2 saturated heterocycles. The van der Waals surface area contributed by atoms with Crippen LogP contribution in [0.3, 0.4) is 0 Å². The molecule has 0 aliphatic carbocycles. The fourth-order valence-corrected chi connectivity index (χ4v) is 4.47. The molecule has 0 spiro atoms. The van der Waals surface area contributed by atoms with Crippen molar-refractivity contribution in [3.8, 4) is 0 Å². The molecule has 0 amide bonds. The van der Waals surface area contributed by atoms with E-state index in [1.807, 2.05) is 11.4 Å². The molecule has 22 heavy (non-hydrogen) atoms. The van der Waals surface area contributed by atoms with E-state index in [9.17, 15) is 0 Å². The third kappa shape index (κ3) is 2.67. The summed E-state index contributed by atoms with van der Waals surface area (Å²) in [7, 11) is 0. The number of rotatable bonds is 2. The normalized spacial score (nSPS) is 21.6. The number of aromatic nitrogens is 4. The van der Waals surface area contributed by atoms with Gasteiger partial charge in [-0.05, 0) is 19.8 Å². The minimum Gasteiger partial charge on any atom is -0.356 e. The number of nitrogens with zero attached hydrogens (tertiary/aromatic N) is 6. The molecule has 0 radical (unpaired) electrons. The minimum absolute atomic E-state index is 0.699. The van der Waals surface area contributed by atoms with Crippen molar-refractivity contribution in [1.29, 1.82) is 0 Å². The second-order valence-electron chi connectivity index (χ2n) is 6.09. The molecule has 0 N–H and O–H groups in total. The molecule has 0 bridgehead atoms. The molecule has 0 atom stereocenters. The van der Waals surface area contributed by atoms with Crippen LogP contribution in [-0.4, -0.2) is 68.2 Å². The maximum Gasteiger partial charge on any atom is 0.254 e. The Morgan fingerprint density at radius 3 is 2.68 bits per heavy atom. The van der Waals surface area contributed by atoms with Crippen LogP contribution >= 0.6 is 11.8 Å². The summed E-state index contributed by atoms with van der Waals surface area (Å²) in [6, 6.07) is 2.88. The van der Waals surface area contributed by atoms with E-state index in [4.69, 9.17) is 0 Å². The Morgan fingerprint density at radius 1 is 1.14 bits per heavy atom. The first kappa shape index (κ1) is 14.3. The lowest BCUT2D eigenvalue weighted by Crippen LogP contribution is -2.48. The molecular weight excluding hydrogens is 296 g/mol. The van der Waals surface area contributed by atoms with Crippen molar-refractivity contribution in [3.63, 3.8) is 0 Å². The van der Waals surface area contributed by atoms with Gasteiger partial charge >= 0.3 is 0 Å². The average molecular weight is 318 g/mol. The summed E-state index contributed by atoms with van der Waals surface area (Å²) in [5.74, 6) is 4.42. The highest BCUT2D eigenvalue weighted by Crippen LogP contribution is 2.24. The van der Waals surface area contributed by atoms with Gasteiger partial charge in [-0.3, -0.25) is 4.90 Å². The highest BCUT2D eigenvalue weighted by molar-refractivity contribution is 7.99. The zero-order chi connectivity index (χ0) is 14.9. The predicted octanol–water partition coefficient (Wildman–Crippen LogP) is 1.45. The van der Waals surface area contributed by atoms with Gasteiger partial charge in [0, 0.05) is 55.5 Å². The molecular formula is C15H22N6S. The number of hydrogen-bond acceptors (Lipinski definition) is 6. The van der Waals surface area contributed by atoms with Gasteiger partial charge in [0.25, 0.3) is 5.78 Å². The molecule has 7 heteroatoms. The van der Waals surface area contributed by atoms with Gasteiger partial charge in [0.2, 0.25) is 0 Å². The van der Waals surface area contributed by atoms with Crippen LogP contribution in [0, 0.1) is 6.92 Å². The van der Waals surface area contributed by atoms with E-state index in [2.05, 4.69) is 42.7 Å². The molecule has 4 rings (SSSR count). The van der Waals surface area contributed by atoms with Crippen molar-refractivity contribution >= 4 is 23.4 Å². The third-order valence-electron chi connectivity index (χ3n) is 4.71. The summed E-state index contributed by atoms with van der Waals surface area (Å²) in [5.41, 5.74) is 1.01. The second kappa shape index (κ2) is 6.04. The topological polar surface area (TPSA) is 49.6 Å². The van der Waals surface area contributed by atoms with E-state index in [-0.39, 0.29) is 0 Å². The number of hydrogen-bond donors (Lipinski definition) is 0. The van der Waals surface area contributed by atoms with E-state index >= 15 is 0 Å². The van der Waals surface area contributed by atoms with E-state index in [0.717, 1.165) is 30.6 Å². The highest BCUT2D eigenvalue weighted by Gasteiger charge is 2.27. The van der Waals surface area contributed by atoms with Gasteiger partial charge in [0.1, 0.15) is 12.1 Å². The van der Waals surface area contributed by atoms with Crippen LogP contribution in [0.1, 0.15) is 18.5 Å². The van der Waals surface area contributed by atoms with Crippen molar-refractivity contribution in [2.45, 2.75) is 25.8 Å². The van der Waals surface area contributed by atoms with Crippen molar-refractivity contribution in [1.82, 2.24) is 24.5 Å². The van der Waals surface area contributed by atoms with Crippen LogP contribution in [0.2, 0.25) is 0 Å². The molecule has 0 unspecified atom stereocenters. The Labute approximate surface area is 134 Å². The number of fused-ring (bicyclic) bond motifs is 1. The number of thioether (sulfide) groups is 1. The largest absolute Gasteiger partial charge is 0.356 e. The molecule has 2 aromatic rings. The molecule has 4 heterocycles. The first-order valence-corrected chi connectivity index (χ1v) is 9.21. The van der Waals surface area contributed by atoms with Crippen molar-refractivity contribution in [3.05, 3.63) is 18.1 Å². The number of anilines is 1. The monoisotopic (exact) mass is 318 g/mol. The Kier molecular flexibility index (Phi) is 3.92. The fourth-order valence-electron chi connectivity index (χ4n) is 3.54. The van der Waals surface area contributed by atoms with Gasteiger partial charge in [0.15, 0.2) is 0 Å². The summed E-state index contributed by atoms with van der Waals surface area (Å²) >= 11 is 2.09. The smallest absolute Gasteiger partial charge is 0.254 e. The number of piperidine rings is 1. The first-order chi connectivity index (χ1) is 10.8. The summed E-state index contributed by atoms with van der Waals surface area (Å²) in [6.07, 6.45) is 4.06. The van der Waals surface area contributed by atoms with Crippen LogP contribution < -0.4 is 4.90 Å². The van der Waals surface area contributed by atoms with Gasteiger partial charge in [0.05, 0.1) is 0 Å². The van der Waals surface area contributed by atoms with Gasteiger partial charge in [-0.15, -0.1) is 0 Å². The van der Waals surface area contributed by atoms with Crippen LogP contribution in [0.5, 0.6) is 0 Å². The first-order valence-electron chi connectivity index (χ1n) is 8.05. The van der Waals surface area contributed by atoms with Gasteiger partial charge in [-0.1, -0.05) is 0 Å². The van der Waals surface area contributed by atoms with Crippen molar-refractivity contribution in [2.75, 3.05) is 42.6 Å². The van der Waals surface area contributed by atoms with Crippen LogP contribution in [0.4, 0.5) is 5.82 Å². The molecule has 118 valence electrons. The van der Waals surface area contributed by atoms with Gasteiger partial charge in [-0.25, -0.2) is 4.98 Å². The van der Waals surface area contributed by atoms with Crippen molar-refractivity contribution in [2.24, 2.45) is 0 Å². The summed E-state index contributed by atoms with van der Waals surface area (Å²) in [4.78, 5) is 13.8. The zero-order valence-corrected chi connectivity index (χ0v) is 13.8. The van der Waals surface area contributed by atoms with Gasteiger partial charge < -0.3 is 4.90 Å². The zero-order valence-electron chi connectivity index (χ0n) is 13.0. The second-order valence-corrected chi connectivity index (χ2v) is 7.32. The quantitative estimate of drug-likeness (QED) is 0.835. The van der Waals surface area contributed by atoms with E-state index in [1.165, 1.54) is 37.4 Å². The Balaban J connectivity index is 1.49. The summed E-state index contributed by atoms with van der Waals surface area (Å²) < 4.78 is 1.87. The Bertz CT molecular complexity index is 643. The molecule has 2 aromatic heterocycles. The average Bonchev–Trinajstić information content (AvgIpc) is 3.03. The molecule has 0 aromatic carbocycles. The molecule has 2 aliphatic rings. The van der Waals surface area contributed by atoms with Gasteiger partial charge in [-0.2, -0.15) is 26.4 Å². The van der Waals surface area contributed by atoms with Crippen LogP contribution in [0.15, 0.2) is 12.4 Å². The summed E-state index contributed by atoms with van der Waals surface area (Å²) in [5, 5.41) is 4.33. The Hall–Kier alpha value is -1.34. The molecule has 2 aliphatic heterocycles. The fraction of sp³-hybridized carbons (Fsp3) is 0.667. The van der Waals surface area contributed by atoms with E-state index < -0.39 is 0 Å². The minimum atomic E-state index is 0.699. The standard InChI is InChI=1S/C15H22N6S/c1-12-10-14(21-15(18-12)16-11-17-21)20-4-2-13(3-5-20)19-6-8-22-9-7-19/h10-11,13H,2-9H2,1H3. The molecule has 6 nitrogen and oxygen atoms in total. The maximum atomic E-state index is 4.43. The lowest BCUT2D eigenvalue weighted by molar-refractivity contribution is 0.185. The SMILES string of the molecule is Cc1cc(N2CCC(N3CCSCC3)CC2)n2ncnc2n1. The third-order valence-corrected chi connectivity index (χ3v) is 5.65. The van der Waals surface area contributed by atoms with Crippen molar-refractivity contribution < 1.29 is 0 Å². The summed E-state index contributed by atoms with van der Waals surface area (Å²) in [6.45, 7) is 6.73. The Morgan fingerprint density at radius 2 is 1.91 bits per heavy atom. The van der Waals surface area contributed by atoms with Crippen LogP contribution in [0.25, 0.3) is 5.78 Å². The lowest BCUT2D eigenvalue weighted by atomic mass is 10.0. The highest BCUT2D eigenvalue weighted by atomic mass is 32.2. The lowest BCUT2D eigenvalue weighted by Gasteiger charge is -2.40. The molecule has 0 saturated carbocycles. The van der Waals surface area contributed by atoms with Crippen LogP contribution in [-0.2, 0) is 0 Å². The van der Waals surface area contributed by atoms with E-state index in [1.54, 1.807) is 6.33 Å². The predicted molar refractivity (Wildman–Crippen MR) is 89.7 cm³/mol. The molecule has 2 fully saturated rings. The van der Waals surface area contributed by atoms with E-state index in [0.29, 0.717) is 5.78 Å². The number of aryl methyl sites for hydroxylation is 1. The maximum absolute atomic E-state index is 4.43.